The fourth-order valence-corrected chi connectivity index (χ4v) is 0.460. The normalized spacial score (nSPS) is 8.10. The molecule has 5 nitrogen and oxygen atoms in total. The van der Waals surface area contributed by atoms with Crippen molar-refractivity contribution in [2.75, 3.05) is 0 Å². The van der Waals surface area contributed by atoms with Crippen LogP contribution < -0.4 is 11.3 Å². The van der Waals surface area contributed by atoms with E-state index in [0.29, 0.717) is 5.69 Å². The van der Waals surface area contributed by atoms with Gasteiger partial charge in [0, 0.05) is 6.20 Å². The van der Waals surface area contributed by atoms with Crippen LogP contribution in [0, 0.1) is 0 Å². The number of nitrogen functional groups attached to an aromatic ring is 1. The number of halogens is 1. The quantitative estimate of drug-likeness (QED) is 0.294. The van der Waals surface area contributed by atoms with Gasteiger partial charge in [-0.25, -0.2) is 5.84 Å². The number of carbonyl (C=O) groups is 1. The lowest BCUT2D eigenvalue weighted by Crippen LogP contribution is -2.30. The molecule has 0 unspecified atom stereocenters. The number of nitrogens with two attached hydrogens (primary N) is 1. The van der Waals surface area contributed by atoms with E-state index in [1.807, 2.05) is 5.43 Å². The third kappa shape index (κ3) is 1.71. The average Bonchev–Trinajstić information content (AvgIpc) is 2.37. The molecular weight excluding hydrogens is 156 g/mol. The van der Waals surface area contributed by atoms with Gasteiger partial charge in [-0.3, -0.25) is 15.3 Å². The second-order valence-electron chi connectivity index (χ2n) is 1.44. The van der Waals surface area contributed by atoms with E-state index in [4.69, 9.17) is 5.84 Å². The predicted octanol–water partition coefficient (Wildman–Crippen LogP) is -0.565. The average molecular weight is 163 g/mol. The van der Waals surface area contributed by atoms with Gasteiger partial charge in [0.2, 0.25) is 0 Å². The van der Waals surface area contributed by atoms with Gasteiger partial charge >= 0.3 is 0 Å². The SMILES string of the molecule is Cl.NNC(=O)c1ccn[nH]1. The molecule has 0 aliphatic carbocycles. The van der Waals surface area contributed by atoms with Crippen molar-refractivity contribution in [1.82, 2.24) is 15.6 Å². The first-order chi connectivity index (χ1) is 4.34. The van der Waals surface area contributed by atoms with Crippen molar-refractivity contribution in [2.24, 2.45) is 5.84 Å². The summed E-state index contributed by atoms with van der Waals surface area (Å²) in [6, 6.07) is 1.53. The highest BCUT2D eigenvalue weighted by atomic mass is 35.5. The molecule has 4 N–H and O–H groups in total. The number of nitrogens with zero attached hydrogens (tertiary/aromatic N) is 1. The van der Waals surface area contributed by atoms with Crippen LogP contribution in [0.15, 0.2) is 12.3 Å². The molecule has 0 atom stereocenters. The first-order valence-corrected chi connectivity index (χ1v) is 2.35. The number of nitrogens with one attached hydrogen (secondary N) is 2. The Balaban J connectivity index is 0.000000810. The molecule has 6 heteroatoms. The monoisotopic (exact) mass is 162 g/mol. The molecule has 0 saturated heterocycles. The third-order valence-corrected chi connectivity index (χ3v) is 0.876. The van der Waals surface area contributed by atoms with Gasteiger partial charge in [-0.05, 0) is 6.07 Å². The highest BCUT2D eigenvalue weighted by Crippen LogP contribution is 1.87. The number of hydrazine groups is 1. The van der Waals surface area contributed by atoms with Crippen LogP contribution >= 0.6 is 12.4 Å². The van der Waals surface area contributed by atoms with Crippen molar-refractivity contribution < 1.29 is 4.79 Å². The minimum atomic E-state index is -0.368. The Morgan fingerprint density at radius 2 is 2.50 bits per heavy atom. The molecule has 0 saturated carbocycles. The lowest BCUT2D eigenvalue weighted by atomic mass is 10.4. The summed E-state index contributed by atoms with van der Waals surface area (Å²) in [5, 5.41) is 6.00. The Kier molecular flexibility index (Phi) is 3.45. The van der Waals surface area contributed by atoms with Gasteiger partial charge < -0.3 is 0 Å². The summed E-state index contributed by atoms with van der Waals surface area (Å²) < 4.78 is 0. The summed E-state index contributed by atoms with van der Waals surface area (Å²) in [6.45, 7) is 0. The van der Waals surface area contributed by atoms with Crippen LogP contribution in [0.5, 0.6) is 0 Å². The summed E-state index contributed by atoms with van der Waals surface area (Å²) in [6.07, 6.45) is 1.48. The van der Waals surface area contributed by atoms with E-state index in [2.05, 4.69) is 10.2 Å². The zero-order valence-corrected chi connectivity index (χ0v) is 5.81. The van der Waals surface area contributed by atoms with Gasteiger partial charge in [0.25, 0.3) is 5.91 Å². The molecule has 1 amide bonds. The molecule has 1 aromatic rings. The molecule has 0 radical (unpaired) electrons. The van der Waals surface area contributed by atoms with Gasteiger partial charge in [0.05, 0.1) is 0 Å². The van der Waals surface area contributed by atoms with Crippen LogP contribution in [0.4, 0.5) is 0 Å². The zero-order chi connectivity index (χ0) is 6.69. The lowest BCUT2D eigenvalue weighted by molar-refractivity contribution is 0.0948. The summed E-state index contributed by atoms with van der Waals surface area (Å²) in [5.74, 6) is 4.45. The zero-order valence-electron chi connectivity index (χ0n) is 5.00. The number of aromatic amines is 1. The van der Waals surface area contributed by atoms with Gasteiger partial charge in [-0.2, -0.15) is 5.10 Å². The first kappa shape index (κ1) is 8.93. The van der Waals surface area contributed by atoms with Crippen molar-refractivity contribution in [1.29, 1.82) is 0 Å². The van der Waals surface area contributed by atoms with Gasteiger partial charge in [0.1, 0.15) is 5.69 Å². The van der Waals surface area contributed by atoms with Crippen molar-refractivity contribution >= 4 is 18.3 Å². The van der Waals surface area contributed by atoms with Gasteiger partial charge in [-0.15, -0.1) is 12.4 Å². The number of hydrogen-bond donors (Lipinski definition) is 3. The molecule has 0 aliphatic rings. The van der Waals surface area contributed by atoms with Crippen LogP contribution in [0.2, 0.25) is 0 Å². The number of hydrogen-bond acceptors (Lipinski definition) is 3. The van der Waals surface area contributed by atoms with E-state index in [-0.39, 0.29) is 18.3 Å². The lowest BCUT2D eigenvalue weighted by Gasteiger charge is -1.90. The van der Waals surface area contributed by atoms with E-state index in [1.54, 1.807) is 0 Å². The van der Waals surface area contributed by atoms with Crippen LogP contribution in [-0.4, -0.2) is 16.1 Å². The standard InChI is InChI=1S/C4H6N4O.ClH/c5-7-4(9)3-1-2-6-8-3;/h1-2H,5H2,(H,6,8)(H,7,9);1H. The molecule has 0 fully saturated rings. The molecule has 1 rings (SSSR count). The Bertz CT molecular complexity index is 197. The summed E-state index contributed by atoms with van der Waals surface area (Å²) >= 11 is 0. The Labute approximate surface area is 63.4 Å². The molecular formula is C4H7ClN4O. The summed E-state index contributed by atoms with van der Waals surface area (Å²) in [4.78, 5) is 10.6. The Morgan fingerprint density at radius 1 is 1.80 bits per heavy atom. The molecule has 1 aromatic heterocycles. The molecule has 10 heavy (non-hydrogen) atoms. The smallest absolute Gasteiger partial charge is 0.283 e. The maximum Gasteiger partial charge on any atom is 0.283 e. The number of H-pyrrole nitrogens is 1. The van der Waals surface area contributed by atoms with Crippen molar-refractivity contribution in [3.8, 4) is 0 Å². The number of amides is 1. The molecule has 0 aliphatic heterocycles. The maximum atomic E-state index is 10.6. The minimum Gasteiger partial charge on any atom is -0.289 e. The molecule has 0 bridgehead atoms. The second-order valence-corrected chi connectivity index (χ2v) is 1.44. The third-order valence-electron chi connectivity index (χ3n) is 0.876. The first-order valence-electron chi connectivity index (χ1n) is 2.35. The molecule has 1 heterocycles. The van der Waals surface area contributed by atoms with Crippen molar-refractivity contribution in [3.05, 3.63) is 18.0 Å². The van der Waals surface area contributed by atoms with Crippen molar-refractivity contribution in [2.45, 2.75) is 0 Å². The topological polar surface area (TPSA) is 83.8 Å². The van der Waals surface area contributed by atoms with E-state index in [1.165, 1.54) is 12.3 Å². The molecule has 0 spiro atoms. The highest BCUT2D eigenvalue weighted by molar-refractivity contribution is 5.91. The predicted molar refractivity (Wildman–Crippen MR) is 37.5 cm³/mol. The maximum absolute atomic E-state index is 10.6. The largest absolute Gasteiger partial charge is 0.289 e. The fraction of sp³-hybridized carbons (Fsp3) is 0. The molecule has 0 aromatic carbocycles. The molecule has 56 valence electrons. The minimum absolute atomic E-state index is 0. The van der Waals surface area contributed by atoms with Gasteiger partial charge in [0.15, 0.2) is 0 Å². The van der Waals surface area contributed by atoms with Crippen LogP contribution in [0.3, 0.4) is 0 Å². The van der Waals surface area contributed by atoms with Crippen LogP contribution in [-0.2, 0) is 0 Å². The number of aromatic nitrogens is 2. The Hall–Kier alpha value is -1.07. The van der Waals surface area contributed by atoms with E-state index in [0.717, 1.165) is 0 Å². The highest BCUT2D eigenvalue weighted by Gasteiger charge is 2.01. The fourth-order valence-electron chi connectivity index (χ4n) is 0.460. The van der Waals surface area contributed by atoms with E-state index < -0.39 is 0 Å². The van der Waals surface area contributed by atoms with Gasteiger partial charge in [-0.1, -0.05) is 0 Å². The summed E-state index contributed by atoms with van der Waals surface area (Å²) in [7, 11) is 0. The van der Waals surface area contributed by atoms with Crippen molar-refractivity contribution in [3.63, 3.8) is 0 Å². The van der Waals surface area contributed by atoms with Crippen LogP contribution in [0.25, 0.3) is 0 Å². The van der Waals surface area contributed by atoms with Crippen LogP contribution in [0.1, 0.15) is 10.5 Å². The van der Waals surface area contributed by atoms with E-state index in [9.17, 15) is 4.79 Å². The second kappa shape index (κ2) is 3.86. The summed E-state index contributed by atoms with van der Waals surface area (Å²) in [5.41, 5.74) is 2.32. The number of carbonyl (C=O) groups excluding carboxylic acids is 1. The number of rotatable bonds is 1. The Morgan fingerprint density at radius 3 is 2.90 bits per heavy atom. The van der Waals surface area contributed by atoms with E-state index >= 15 is 0 Å².